The quantitative estimate of drug-likeness (QED) is 0.364. The first kappa shape index (κ1) is 20.5. The Morgan fingerprint density at radius 3 is 2.44 bits per heavy atom. The molecule has 0 fully saturated rings. The second-order valence-electron chi connectivity index (χ2n) is 5.49. The molecule has 1 unspecified atom stereocenters. The topological polar surface area (TPSA) is 165 Å². The predicted octanol–water partition coefficient (Wildman–Crippen LogP) is 1.61. The molecule has 10 nitrogen and oxygen atoms in total. The van der Waals surface area contributed by atoms with Crippen molar-refractivity contribution in [3.05, 3.63) is 69.8 Å². The first-order chi connectivity index (χ1) is 12.7. The lowest BCUT2D eigenvalue weighted by Gasteiger charge is -2.23. The number of hydrogen-bond donors (Lipinski definition) is 2. The molecule has 2 atom stereocenters. The second-order valence-corrected chi connectivity index (χ2v) is 6.83. The molecule has 0 aliphatic heterocycles. The standard InChI is InChI=1S/C16H17N2O8P/c17-14(16(19)20)9-11-5-7-13(8-6-11)26-27(23,24)25-10-12-3-1-2-4-15(12)18(21)22/h1-8,14H,9-10,17H2,(H,19,20)(H,23,24)/p-1/t14-/m0/s1. The van der Waals surface area contributed by atoms with E-state index < -0.39 is 31.4 Å². The third kappa shape index (κ3) is 6.15. The fourth-order valence-corrected chi connectivity index (χ4v) is 2.87. The molecular formula is C16H16N2O8P-. The molecule has 0 saturated heterocycles. The van der Waals surface area contributed by atoms with Crippen molar-refractivity contribution in [3.63, 3.8) is 0 Å². The van der Waals surface area contributed by atoms with Crippen LogP contribution >= 0.6 is 7.82 Å². The number of phosphoric ester groups is 1. The van der Waals surface area contributed by atoms with Crippen molar-refractivity contribution in [2.45, 2.75) is 19.1 Å². The number of carboxylic acids is 1. The van der Waals surface area contributed by atoms with Crippen LogP contribution in [0.2, 0.25) is 0 Å². The SMILES string of the molecule is N[C@@H](Cc1ccc(OP(=O)([O-])OCc2ccccc2[N+](=O)[O-])cc1)C(=O)O. The predicted molar refractivity (Wildman–Crippen MR) is 91.9 cm³/mol. The molecule has 0 aromatic heterocycles. The van der Waals surface area contributed by atoms with Gasteiger partial charge in [0, 0.05) is 6.07 Å². The minimum Gasteiger partial charge on any atom is -0.746 e. The summed E-state index contributed by atoms with van der Waals surface area (Å²) in [4.78, 5) is 32.9. The number of aliphatic carboxylic acids is 1. The first-order valence-corrected chi connectivity index (χ1v) is 9.09. The van der Waals surface area contributed by atoms with Crippen molar-refractivity contribution >= 4 is 19.5 Å². The molecule has 0 spiro atoms. The number of carbonyl (C=O) groups is 1. The third-order valence-corrected chi connectivity index (χ3v) is 4.36. The molecule has 27 heavy (non-hydrogen) atoms. The highest BCUT2D eigenvalue weighted by atomic mass is 31.2. The smallest absolute Gasteiger partial charge is 0.320 e. The molecule has 0 saturated carbocycles. The highest BCUT2D eigenvalue weighted by Gasteiger charge is 2.17. The van der Waals surface area contributed by atoms with Crippen LogP contribution in [0.4, 0.5) is 5.69 Å². The fourth-order valence-electron chi connectivity index (χ4n) is 2.14. The van der Waals surface area contributed by atoms with E-state index in [2.05, 4.69) is 0 Å². The zero-order valence-electron chi connectivity index (χ0n) is 13.9. The van der Waals surface area contributed by atoms with Gasteiger partial charge in [0.25, 0.3) is 5.69 Å². The van der Waals surface area contributed by atoms with Crippen LogP contribution in [0, 0.1) is 10.1 Å². The average Bonchev–Trinajstić information content (AvgIpc) is 2.61. The van der Waals surface area contributed by atoms with Gasteiger partial charge in [-0.15, -0.1) is 0 Å². The minimum absolute atomic E-state index is 0.0523. The summed E-state index contributed by atoms with van der Waals surface area (Å²) in [6.45, 7) is -0.552. The number of rotatable bonds is 9. The van der Waals surface area contributed by atoms with Gasteiger partial charge in [0.05, 0.1) is 17.1 Å². The monoisotopic (exact) mass is 395 g/mol. The van der Waals surface area contributed by atoms with E-state index in [0.29, 0.717) is 5.56 Å². The van der Waals surface area contributed by atoms with Crippen LogP contribution in [0.25, 0.3) is 0 Å². The normalized spacial score (nSPS) is 14.1. The van der Waals surface area contributed by atoms with Gasteiger partial charge in [-0.25, -0.2) is 0 Å². The lowest BCUT2D eigenvalue weighted by atomic mass is 10.1. The second kappa shape index (κ2) is 8.74. The van der Waals surface area contributed by atoms with Gasteiger partial charge in [0.1, 0.15) is 11.8 Å². The lowest BCUT2D eigenvalue weighted by molar-refractivity contribution is -0.385. The Hall–Kier alpha value is -2.78. The van der Waals surface area contributed by atoms with Gasteiger partial charge in [0.2, 0.25) is 0 Å². The van der Waals surface area contributed by atoms with Crippen LogP contribution in [0.3, 0.4) is 0 Å². The molecule has 2 aromatic carbocycles. The Morgan fingerprint density at radius 2 is 1.85 bits per heavy atom. The van der Waals surface area contributed by atoms with E-state index >= 15 is 0 Å². The van der Waals surface area contributed by atoms with Crippen LogP contribution in [0.15, 0.2) is 48.5 Å². The van der Waals surface area contributed by atoms with E-state index in [1.54, 1.807) is 0 Å². The molecule has 0 bridgehead atoms. The maximum Gasteiger partial charge on any atom is 0.320 e. The summed E-state index contributed by atoms with van der Waals surface area (Å²) in [5, 5.41) is 19.7. The van der Waals surface area contributed by atoms with E-state index in [1.807, 2.05) is 0 Å². The Labute approximate surface area is 153 Å². The summed E-state index contributed by atoms with van der Waals surface area (Å²) >= 11 is 0. The number of phosphoric acid groups is 1. The molecule has 0 radical (unpaired) electrons. The van der Waals surface area contributed by atoms with Crippen molar-refractivity contribution in [3.8, 4) is 5.75 Å². The Bertz CT molecular complexity index is 871. The summed E-state index contributed by atoms with van der Waals surface area (Å²) < 4.78 is 21.4. The molecule has 11 heteroatoms. The fraction of sp³-hybridized carbons (Fsp3) is 0.188. The molecule has 0 aliphatic carbocycles. The molecule has 0 aliphatic rings. The Kier molecular flexibility index (Phi) is 6.65. The number of nitro benzene ring substituents is 1. The number of carboxylic acid groups (broad SMARTS) is 1. The summed E-state index contributed by atoms with van der Waals surface area (Å²) in [6, 6.07) is 10.1. The number of para-hydroxylation sites is 1. The number of nitrogens with zero attached hydrogens (tertiary/aromatic N) is 1. The highest BCUT2D eigenvalue weighted by molar-refractivity contribution is 7.46. The van der Waals surface area contributed by atoms with Crippen LogP contribution in [0.1, 0.15) is 11.1 Å². The average molecular weight is 395 g/mol. The minimum atomic E-state index is -4.78. The van der Waals surface area contributed by atoms with Crippen LogP contribution in [-0.2, 0) is 26.9 Å². The van der Waals surface area contributed by atoms with E-state index in [4.69, 9.17) is 19.9 Å². The molecule has 3 N–H and O–H groups in total. The maximum atomic E-state index is 11.9. The van der Waals surface area contributed by atoms with Gasteiger partial charge >= 0.3 is 13.8 Å². The third-order valence-electron chi connectivity index (χ3n) is 3.48. The zero-order chi connectivity index (χ0) is 20.0. The number of benzene rings is 2. The van der Waals surface area contributed by atoms with Gasteiger partial charge in [-0.2, -0.15) is 0 Å². The van der Waals surface area contributed by atoms with Gasteiger partial charge in [0.15, 0.2) is 0 Å². The van der Waals surface area contributed by atoms with Gasteiger partial charge in [-0.3, -0.25) is 19.5 Å². The molecular weight excluding hydrogens is 379 g/mol. The molecule has 0 heterocycles. The largest absolute Gasteiger partial charge is 0.746 e. The molecule has 2 rings (SSSR count). The van der Waals surface area contributed by atoms with E-state index in [-0.39, 0.29) is 23.4 Å². The lowest BCUT2D eigenvalue weighted by Crippen LogP contribution is -2.32. The zero-order valence-corrected chi connectivity index (χ0v) is 14.8. The summed E-state index contributed by atoms with van der Waals surface area (Å²) in [6.07, 6.45) is 0.0683. The molecule has 2 aromatic rings. The van der Waals surface area contributed by atoms with Crippen LogP contribution in [0.5, 0.6) is 5.75 Å². The Balaban J connectivity index is 1.99. The number of nitro groups is 1. The summed E-state index contributed by atoms with van der Waals surface area (Å²) in [5.41, 5.74) is 5.82. The van der Waals surface area contributed by atoms with E-state index in [0.717, 1.165) is 0 Å². The van der Waals surface area contributed by atoms with E-state index in [1.165, 1.54) is 48.5 Å². The van der Waals surface area contributed by atoms with Crippen LogP contribution < -0.4 is 15.2 Å². The first-order valence-electron chi connectivity index (χ1n) is 7.63. The maximum absolute atomic E-state index is 11.9. The van der Waals surface area contributed by atoms with Crippen molar-refractivity contribution in [2.24, 2.45) is 5.73 Å². The number of hydrogen-bond acceptors (Lipinski definition) is 8. The van der Waals surface area contributed by atoms with Gasteiger partial charge in [-0.1, -0.05) is 24.3 Å². The van der Waals surface area contributed by atoms with Crippen LogP contribution in [-0.4, -0.2) is 22.0 Å². The highest BCUT2D eigenvalue weighted by Crippen LogP contribution is 2.41. The van der Waals surface area contributed by atoms with Crippen molar-refractivity contribution in [2.75, 3.05) is 0 Å². The van der Waals surface area contributed by atoms with Gasteiger partial charge in [-0.05, 0) is 30.2 Å². The molecule has 144 valence electrons. The summed E-state index contributed by atoms with van der Waals surface area (Å²) in [5.74, 6) is -1.20. The number of nitrogens with two attached hydrogens (primary N) is 1. The Morgan fingerprint density at radius 1 is 1.22 bits per heavy atom. The van der Waals surface area contributed by atoms with Crippen molar-refractivity contribution in [1.29, 1.82) is 0 Å². The van der Waals surface area contributed by atoms with Gasteiger partial charge < -0.3 is 24.8 Å². The van der Waals surface area contributed by atoms with Crippen molar-refractivity contribution in [1.82, 2.24) is 0 Å². The summed E-state index contributed by atoms with van der Waals surface area (Å²) in [7, 11) is -4.78. The van der Waals surface area contributed by atoms with Crippen molar-refractivity contribution < 1.29 is 33.3 Å². The van der Waals surface area contributed by atoms with E-state index in [9.17, 15) is 24.4 Å². The molecule has 0 amide bonds.